The minimum Gasteiger partial charge on any atom is -0.492 e. The van der Waals surface area contributed by atoms with Gasteiger partial charge < -0.3 is 15.8 Å². The lowest BCUT2D eigenvalue weighted by molar-refractivity contribution is 0.103. The monoisotopic (exact) mass is 381 g/mol. The molecule has 1 saturated carbocycles. The fraction of sp³-hybridized carbons (Fsp3) is 0.444. The Bertz CT molecular complexity index is 697. The second-order valence-electron chi connectivity index (χ2n) is 6.06. The first-order valence-electron chi connectivity index (χ1n) is 8.39. The highest BCUT2D eigenvalue weighted by molar-refractivity contribution is 7.14. The molecule has 0 radical (unpaired) electrons. The SMILES string of the molecule is Cc1nc(C2CCCC2)sc1C(=O)Nc1ccc(OCCN)cc1.Cl. The fourth-order valence-electron chi connectivity index (χ4n) is 2.97. The Kier molecular flexibility index (Phi) is 7.23. The first-order chi connectivity index (χ1) is 11.7. The molecule has 1 aliphatic carbocycles. The number of anilines is 1. The van der Waals surface area contributed by atoms with Gasteiger partial charge in [-0.15, -0.1) is 23.7 Å². The summed E-state index contributed by atoms with van der Waals surface area (Å²) in [5.74, 6) is 1.19. The molecule has 0 spiro atoms. The largest absolute Gasteiger partial charge is 0.492 e. The molecule has 0 saturated heterocycles. The van der Waals surface area contributed by atoms with Crippen LogP contribution in [0.3, 0.4) is 0 Å². The number of thiazole rings is 1. The average molecular weight is 382 g/mol. The van der Waals surface area contributed by atoms with E-state index in [2.05, 4.69) is 10.3 Å². The van der Waals surface area contributed by atoms with Gasteiger partial charge in [-0.1, -0.05) is 12.8 Å². The molecule has 1 heterocycles. The zero-order chi connectivity index (χ0) is 16.9. The molecule has 0 unspecified atom stereocenters. The lowest BCUT2D eigenvalue weighted by atomic mass is 10.1. The number of ether oxygens (including phenoxy) is 1. The number of hydrogen-bond acceptors (Lipinski definition) is 5. The van der Waals surface area contributed by atoms with E-state index in [1.807, 2.05) is 31.2 Å². The maximum Gasteiger partial charge on any atom is 0.267 e. The van der Waals surface area contributed by atoms with Crippen molar-refractivity contribution in [3.05, 3.63) is 39.8 Å². The predicted molar refractivity (Wildman–Crippen MR) is 104 cm³/mol. The molecular weight excluding hydrogens is 358 g/mol. The van der Waals surface area contributed by atoms with E-state index >= 15 is 0 Å². The van der Waals surface area contributed by atoms with Crippen molar-refractivity contribution in [2.75, 3.05) is 18.5 Å². The van der Waals surface area contributed by atoms with Crippen LogP contribution < -0.4 is 15.8 Å². The third-order valence-electron chi connectivity index (χ3n) is 4.22. The van der Waals surface area contributed by atoms with E-state index in [9.17, 15) is 4.79 Å². The van der Waals surface area contributed by atoms with Crippen molar-refractivity contribution < 1.29 is 9.53 Å². The first kappa shape index (κ1) is 19.7. The Morgan fingerprint density at radius 2 is 2.00 bits per heavy atom. The minimum absolute atomic E-state index is 0. The molecule has 7 heteroatoms. The summed E-state index contributed by atoms with van der Waals surface area (Å²) in [7, 11) is 0. The molecule has 1 aromatic heterocycles. The Labute approximate surface area is 158 Å². The highest BCUT2D eigenvalue weighted by Crippen LogP contribution is 2.37. The second kappa shape index (κ2) is 9.17. The lowest BCUT2D eigenvalue weighted by Crippen LogP contribution is -2.12. The second-order valence-corrected chi connectivity index (χ2v) is 7.09. The van der Waals surface area contributed by atoms with E-state index in [-0.39, 0.29) is 18.3 Å². The number of hydrogen-bond donors (Lipinski definition) is 2. The Hall–Kier alpha value is -1.63. The normalized spacial score (nSPS) is 14.2. The number of aromatic nitrogens is 1. The van der Waals surface area contributed by atoms with Gasteiger partial charge in [0.1, 0.15) is 17.2 Å². The van der Waals surface area contributed by atoms with E-state index in [0.29, 0.717) is 23.9 Å². The standard InChI is InChI=1S/C18H23N3O2S.ClH/c1-12-16(24-18(20-12)13-4-2-3-5-13)17(22)21-14-6-8-15(9-7-14)23-11-10-19;/h6-9,13H,2-5,10-11,19H2,1H3,(H,21,22);1H. The van der Waals surface area contributed by atoms with Crippen molar-refractivity contribution in [2.45, 2.75) is 38.5 Å². The molecular formula is C18H24ClN3O2S. The van der Waals surface area contributed by atoms with E-state index < -0.39 is 0 Å². The summed E-state index contributed by atoms with van der Waals surface area (Å²) in [6.45, 7) is 2.87. The smallest absolute Gasteiger partial charge is 0.267 e. The van der Waals surface area contributed by atoms with Crippen LogP contribution in [-0.4, -0.2) is 24.0 Å². The molecule has 136 valence electrons. The number of amides is 1. The first-order valence-corrected chi connectivity index (χ1v) is 9.20. The molecule has 0 aliphatic heterocycles. The lowest BCUT2D eigenvalue weighted by Gasteiger charge is -2.07. The van der Waals surface area contributed by atoms with Crippen LogP contribution in [-0.2, 0) is 0 Å². The van der Waals surface area contributed by atoms with Crippen LogP contribution >= 0.6 is 23.7 Å². The highest BCUT2D eigenvalue weighted by Gasteiger charge is 2.23. The van der Waals surface area contributed by atoms with Crippen molar-refractivity contribution >= 4 is 35.3 Å². The summed E-state index contributed by atoms with van der Waals surface area (Å²) in [5, 5.41) is 4.05. The van der Waals surface area contributed by atoms with Gasteiger partial charge in [-0.25, -0.2) is 4.98 Å². The summed E-state index contributed by atoms with van der Waals surface area (Å²) in [5.41, 5.74) is 6.98. The van der Waals surface area contributed by atoms with Crippen molar-refractivity contribution in [3.8, 4) is 5.75 Å². The molecule has 3 N–H and O–H groups in total. The highest BCUT2D eigenvalue weighted by atomic mass is 35.5. The number of benzene rings is 1. The van der Waals surface area contributed by atoms with Crippen LogP contribution in [0.1, 0.15) is 52.0 Å². The molecule has 1 aliphatic rings. The summed E-state index contributed by atoms with van der Waals surface area (Å²) < 4.78 is 5.43. The van der Waals surface area contributed by atoms with E-state index in [1.54, 1.807) is 0 Å². The van der Waals surface area contributed by atoms with Crippen LogP contribution in [0.5, 0.6) is 5.75 Å². The molecule has 1 amide bonds. The van der Waals surface area contributed by atoms with Crippen LogP contribution in [0, 0.1) is 6.92 Å². The number of rotatable bonds is 6. The maximum atomic E-state index is 12.5. The molecule has 25 heavy (non-hydrogen) atoms. The molecule has 1 fully saturated rings. The fourth-order valence-corrected chi connectivity index (χ4v) is 4.11. The summed E-state index contributed by atoms with van der Waals surface area (Å²) in [6.07, 6.45) is 4.92. The van der Waals surface area contributed by atoms with Crippen molar-refractivity contribution in [1.82, 2.24) is 4.98 Å². The zero-order valence-corrected chi connectivity index (χ0v) is 15.9. The summed E-state index contributed by atoms with van der Waals surface area (Å²) in [6, 6.07) is 7.32. The van der Waals surface area contributed by atoms with Crippen molar-refractivity contribution in [3.63, 3.8) is 0 Å². The van der Waals surface area contributed by atoms with E-state index in [1.165, 1.54) is 37.0 Å². The summed E-state index contributed by atoms with van der Waals surface area (Å²) >= 11 is 1.54. The number of nitrogens with one attached hydrogen (secondary N) is 1. The predicted octanol–water partition coefficient (Wildman–Crippen LogP) is 4.12. The Morgan fingerprint density at radius 3 is 2.64 bits per heavy atom. The minimum atomic E-state index is -0.0927. The van der Waals surface area contributed by atoms with Gasteiger partial charge in [-0.2, -0.15) is 0 Å². The molecule has 5 nitrogen and oxygen atoms in total. The topological polar surface area (TPSA) is 77.2 Å². The van der Waals surface area contributed by atoms with Gasteiger partial charge in [0.25, 0.3) is 5.91 Å². The molecule has 0 atom stereocenters. The number of aryl methyl sites for hydroxylation is 1. The van der Waals surface area contributed by atoms with Gasteiger partial charge in [0.2, 0.25) is 0 Å². The van der Waals surface area contributed by atoms with Gasteiger partial charge in [0.05, 0.1) is 10.7 Å². The van der Waals surface area contributed by atoms with Gasteiger partial charge in [-0.05, 0) is 44.0 Å². The number of nitrogens with two attached hydrogens (primary N) is 1. The van der Waals surface area contributed by atoms with E-state index in [4.69, 9.17) is 10.5 Å². The number of halogens is 1. The van der Waals surface area contributed by atoms with Gasteiger partial charge in [0.15, 0.2) is 0 Å². The van der Waals surface area contributed by atoms with Gasteiger partial charge in [-0.3, -0.25) is 4.79 Å². The third-order valence-corrected chi connectivity index (χ3v) is 5.54. The van der Waals surface area contributed by atoms with Crippen LogP contribution in [0.2, 0.25) is 0 Å². The van der Waals surface area contributed by atoms with Crippen molar-refractivity contribution in [2.24, 2.45) is 5.73 Å². The number of carbonyl (C=O) groups is 1. The van der Waals surface area contributed by atoms with Crippen LogP contribution in [0.25, 0.3) is 0 Å². The van der Waals surface area contributed by atoms with Gasteiger partial charge >= 0.3 is 0 Å². The summed E-state index contributed by atoms with van der Waals surface area (Å²) in [4.78, 5) is 17.9. The Balaban J connectivity index is 0.00000225. The van der Waals surface area contributed by atoms with Crippen molar-refractivity contribution in [1.29, 1.82) is 0 Å². The molecule has 0 bridgehead atoms. The zero-order valence-electron chi connectivity index (χ0n) is 14.3. The molecule has 2 aromatic rings. The Morgan fingerprint density at radius 1 is 1.32 bits per heavy atom. The number of carbonyl (C=O) groups excluding carboxylic acids is 1. The molecule has 3 rings (SSSR count). The average Bonchev–Trinajstić information content (AvgIpc) is 3.23. The quantitative estimate of drug-likeness (QED) is 0.788. The molecule has 1 aromatic carbocycles. The maximum absolute atomic E-state index is 12.5. The van der Waals surface area contributed by atoms with E-state index in [0.717, 1.165) is 22.1 Å². The van der Waals surface area contributed by atoms with Crippen LogP contribution in [0.15, 0.2) is 24.3 Å². The number of nitrogens with zero attached hydrogens (tertiary/aromatic N) is 1. The third kappa shape index (κ3) is 4.93. The van der Waals surface area contributed by atoms with Crippen LogP contribution in [0.4, 0.5) is 5.69 Å². The van der Waals surface area contributed by atoms with Gasteiger partial charge in [0, 0.05) is 18.2 Å².